The highest BCUT2D eigenvalue weighted by atomic mass is 16.5. The first-order chi connectivity index (χ1) is 19.1. The van der Waals surface area contributed by atoms with E-state index in [9.17, 15) is 0 Å². The van der Waals surface area contributed by atoms with Crippen molar-refractivity contribution in [1.82, 2.24) is 24.6 Å². The van der Waals surface area contributed by atoms with Crippen LogP contribution in [0.2, 0.25) is 0 Å². The van der Waals surface area contributed by atoms with Gasteiger partial charge in [-0.05, 0) is 37.1 Å². The van der Waals surface area contributed by atoms with E-state index in [4.69, 9.17) is 14.5 Å². The molecule has 0 amide bonds. The third-order valence-electron chi connectivity index (χ3n) is 7.90. The summed E-state index contributed by atoms with van der Waals surface area (Å²) in [5, 5.41) is 12.2. The van der Waals surface area contributed by atoms with Crippen molar-refractivity contribution in [2.75, 3.05) is 69.1 Å². The molecular formula is C29H36N8O2. The normalized spacial score (nSPS) is 16.9. The molecule has 0 saturated carbocycles. The number of fused-ring (bicyclic) bond motifs is 1. The molecule has 0 spiro atoms. The van der Waals surface area contributed by atoms with Crippen molar-refractivity contribution in [2.45, 2.75) is 18.9 Å². The molecule has 0 aliphatic carbocycles. The Morgan fingerprint density at radius 3 is 2.59 bits per heavy atom. The second kappa shape index (κ2) is 11.1. The molecule has 2 N–H and O–H groups in total. The fraction of sp³-hybridized carbons (Fsp3) is 0.414. The van der Waals surface area contributed by atoms with Gasteiger partial charge in [-0.2, -0.15) is 5.10 Å². The predicted molar refractivity (Wildman–Crippen MR) is 155 cm³/mol. The minimum atomic E-state index is 0.512. The van der Waals surface area contributed by atoms with Crippen LogP contribution in [0.5, 0.6) is 5.75 Å². The standard InChI is InChI=1S/C29H36N8O2/c1-30-24-17-25(28(38-3)18-27(24)37-10-7-22(8-11-37)36-12-14-39-15-13-36)34-29-31-9-6-23(33-29)20-4-5-26-21(16-20)19-32-35(26)2/h4-6,9,16-19,22,30H,7-8,10-15H2,1-3H3,(H,31,33,34). The first kappa shape index (κ1) is 25.4. The maximum Gasteiger partial charge on any atom is 0.227 e. The molecule has 2 aliphatic heterocycles. The molecule has 2 aliphatic rings. The van der Waals surface area contributed by atoms with Crippen molar-refractivity contribution in [2.24, 2.45) is 7.05 Å². The quantitative estimate of drug-likeness (QED) is 0.367. The number of ether oxygens (including phenoxy) is 2. The van der Waals surface area contributed by atoms with Crippen molar-refractivity contribution in [3.8, 4) is 17.0 Å². The molecule has 4 heterocycles. The van der Waals surface area contributed by atoms with Crippen molar-refractivity contribution in [1.29, 1.82) is 0 Å². The Balaban J connectivity index is 1.21. The lowest BCUT2D eigenvalue weighted by molar-refractivity contribution is 0.0115. The van der Waals surface area contributed by atoms with Crippen molar-refractivity contribution >= 4 is 33.9 Å². The lowest BCUT2D eigenvalue weighted by Gasteiger charge is -2.41. The van der Waals surface area contributed by atoms with Gasteiger partial charge in [0.1, 0.15) is 5.75 Å². The van der Waals surface area contributed by atoms with E-state index in [-0.39, 0.29) is 0 Å². The van der Waals surface area contributed by atoms with Crippen LogP contribution >= 0.6 is 0 Å². The van der Waals surface area contributed by atoms with Gasteiger partial charge >= 0.3 is 0 Å². The minimum absolute atomic E-state index is 0.512. The van der Waals surface area contributed by atoms with Gasteiger partial charge in [-0.15, -0.1) is 0 Å². The fourth-order valence-electron chi connectivity index (χ4n) is 5.74. The molecule has 2 aromatic carbocycles. The zero-order chi connectivity index (χ0) is 26.8. The van der Waals surface area contributed by atoms with Crippen LogP contribution < -0.4 is 20.3 Å². The van der Waals surface area contributed by atoms with Gasteiger partial charge < -0.3 is 25.0 Å². The Morgan fingerprint density at radius 2 is 1.82 bits per heavy atom. The highest BCUT2D eigenvalue weighted by Gasteiger charge is 2.27. The molecule has 6 rings (SSSR count). The summed E-state index contributed by atoms with van der Waals surface area (Å²) in [7, 11) is 5.61. The second-order valence-corrected chi connectivity index (χ2v) is 10.1. The van der Waals surface area contributed by atoms with Crippen LogP contribution in [-0.4, -0.2) is 84.2 Å². The molecule has 204 valence electrons. The van der Waals surface area contributed by atoms with Gasteiger partial charge in [0.05, 0.1) is 54.8 Å². The highest BCUT2D eigenvalue weighted by Crippen LogP contribution is 2.39. The fourth-order valence-corrected chi connectivity index (χ4v) is 5.74. The van der Waals surface area contributed by atoms with E-state index in [1.807, 2.05) is 31.0 Å². The van der Waals surface area contributed by atoms with Gasteiger partial charge in [-0.3, -0.25) is 9.58 Å². The summed E-state index contributed by atoms with van der Waals surface area (Å²) in [5.74, 6) is 1.27. The third kappa shape index (κ3) is 5.22. The molecule has 10 nitrogen and oxygen atoms in total. The summed E-state index contributed by atoms with van der Waals surface area (Å²) in [6, 6.07) is 13.0. The van der Waals surface area contributed by atoms with Gasteiger partial charge in [-0.25, -0.2) is 9.97 Å². The number of aryl methyl sites for hydroxylation is 1. The summed E-state index contributed by atoms with van der Waals surface area (Å²) >= 11 is 0. The van der Waals surface area contributed by atoms with Crippen LogP contribution in [0.15, 0.2) is 48.8 Å². The van der Waals surface area contributed by atoms with Gasteiger partial charge in [0, 0.05) is 69.5 Å². The monoisotopic (exact) mass is 528 g/mol. The number of anilines is 4. The molecule has 0 bridgehead atoms. The van der Waals surface area contributed by atoms with Crippen LogP contribution in [0.25, 0.3) is 22.2 Å². The number of nitrogens with zero attached hydrogens (tertiary/aromatic N) is 6. The summed E-state index contributed by atoms with van der Waals surface area (Å²) in [6.45, 7) is 5.81. The predicted octanol–water partition coefficient (Wildman–Crippen LogP) is 4.13. The Labute approximate surface area is 228 Å². The van der Waals surface area contributed by atoms with E-state index in [1.54, 1.807) is 13.3 Å². The van der Waals surface area contributed by atoms with Crippen molar-refractivity contribution < 1.29 is 9.47 Å². The maximum atomic E-state index is 5.83. The first-order valence-electron chi connectivity index (χ1n) is 13.6. The number of piperidine rings is 1. The van der Waals surface area contributed by atoms with E-state index in [0.717, 1.165) is 97.2 Å². The number of nitrogens with one attached hydrogen (secondary N) is 2. The van der Waals surface area contributed by atoms with Crippen LogP contribution in [0.1, 0.15) is 12.8 Å². The van der Waals surface area contributed by atoms with Gasteiger partial charge in [0.15, 0.2) is 0 Å². The Morgan fingerprint density at radius 1 is 1.00 bits per heavy atom. The number of aromatic nitrogens is 4. The van der Waals surface area contributed by atoms with E-state index in [2.05, 4.69) is 60.8 Å². The van der Waals surface area contributed by atoms with Crippen molar-refractivity contribution in [3.05, 3.63) is 48.8 Å². The van der Waals surface area contributed by atoms with E-state index in [1.165, 1.54) is 0 Å². The minimum Gasteiger partial charge on any atom is -0.494 e. The van der Waals surface area contributed by atoms with Gasteiger partial charge in [-0.1, -0.05) is 6.07 Å². The topological polar surface area (TPSA) is 92.6 Å². The van der Waals surface area contributed by atoms with Crippen LogP contribution in [0.3, 0.4) is 0 Å². The molecule has 2 aromatic heterocycles. The molecule has 2 saturated heterocycles. The lowest BCUT2D eigenvalue weighted by atomic mass is 10.0. The number of methoxy groups -OCH3 is 1. The number of morpholine rings is 1. The Hall–Kier alpha value is -3.89. The van der Waals surface area contributed by atoms with Gasteiger partial charge in [0.2, 0.25) is 5.95 Å². The van der Waals surface area contributed by atoms with Crippen LogP contribution in [0, 0.1) is 0 Å². The summed E-state index contributed by atoms with van der Waals surface area (Å²) in [6.07, 6.45) is 5.94. The van der Waals surface area contributed by atoms with E-state index in [0.29, 0.717) is 12.0 Å². The smallest absolute Gasteiger partial charge is 0.227 e. The van der Waals surface area contributed by atoms with E-state index < -0.39 is 0 Å². The summed E-state index contributed by atoms with van der Waals surface area (Å²) < 4.78 is 13.2. The molecule has 39 heavy (non-hydrogen) atoms. The zero-order valence-electron chi connectivity index (χ0n) is 22.9. The molecular weight excluding hydrogens is 492 g/mol. The third-order valence-corrected chi connectivity index (χ3v) is 7.90. The SMILES string of the molecule is CNc1cc(Nc2nccc(-c3ccc4c(cnn4C)c3)n2)c(OC)cc1N1CCC(N2CCOCC2)CC1. The average Bonchev–Trinajstić information content (AvgIpc) is 3.37. The molecule has 0 atom stereocenters. The van der Waals surface area contributed by atoms with Gasteiger partial charge in [0.25, 0.3) is 0 Å². The van der Waals surface area contributed by atoms with E-state index >= 15 is 0 Å². The number of benzene rings is 2. The molecule has 4 aromatic rings. The number of rotatable bonds is 7. The maximum absolute atomic E-state index is 5.83. The molecule has 10 heteroatoms. The highest BCUT2D eigenvalue weighted by molar-refractivity contribution is 5.84. The number of hydrogen-bond acceptors (Lipinski definition) is 9. The molecule has 0 unspecified atom stereocenters. The Kier molecular flexibility index (Phi) is 7.21. The summed E-state index contributed by atoms with van der Waals surface area (Å²) in [5.41, 5.74) is 5.95. The van der Waals surface area contributed by atoms with Crippen molar-refractivity contribution in [3.63, 3.8) is 0 Å². The zero-order valence-corrected chi connectivity index (χ0v) is 22.9. The Bertz CT molecular complexity index is 1440. The number of hydrogen-bond donors (Lipinski definition) is 2. The lowest BCUT2D eigenvalue weighted by Crippen LogP contribution is -2.49. The average molecular weight is 529 g/mol. The van der Waals surface area contributed by atoms with Crippen LogP contribution in [0.4, 0.5) is 23.0 Å². The molecule has 0 radical (unpaired) electrons. The summed E-state index contributed by atoms with van der Waals surface area (Å²) in [4.78, 5) is 14.3. The van der Waals surface area contributed by atoms with Crippen LogP contribution in [-0.2, 0) is 11.8 Å². The molecule has 2 fully saturated rings. The largest absolute Gasteiger partial charge is 0.494 e. The first-order valence-corrected chi connectivity index (χ1v) is 13.6. The second-order valence-electron chi connectivity index (χ2n) is 10.1.